The van der Waals surface area contributed by atoms with Gasteiger partial charge in [0.2, 0.25) is 0 Å². The van der Waals surface area contributed by atoms with Crippen LogP contribution >= 0.6 is 24.0 Å². The minimum atomic E-state index is -0.0791. The number of fused-ring (bicyclic) bond motifs is 1. The molecule has 0 saturated carbocycles. The Morgan fingerprint density at radius 1 is 1.41 bits per heavy atom. The Kier molecular flexibility index (Phi) is 4.36. The maximum absolute atomic E-state index is 12.4. The topological polar surface area (TPSA) is 29.5 Å². The molecule has 1 aromatic carbocycles. The fraction of sp³-hybridized carbons (Fsp3) is 0.294. The van der Waals surface area contributed by atoms with Gasteiger partial charge in [-0.1, -0.05) is 49.1 Å². The van der Waals surface area contributed by atoms with E-state index in [0.29, 0.717) is 15.8 Å². The number of carbonyl (C=O) groups is 1. The minimum absolute atomic E-state index is 0.00353. The zero-order valence-electron chi connectivity index (χ0n) is 12.5. The van der Waals surface area contributed by atoms with Crippen molar-refractivity contribution in [1.29, 1.82) is 0 Å². The number of ether oxygens (including phenoxy) is 1. The third-order valence-corrected chi connectivity index (χ3v) is 5.01. The average Bonchev–Trinajstić information content (AvgIpc) is 2.76. The van der Waals surface area contributed by atoms with Crippen molar-refractivity contribution in [1.82, 2.24) is 4.90 Å². The van der Waals surface area contributed by atoms with Crippen molar-refractivity contribution in [3.05, 3.63) is 46.4 Å². The second kappa shape index (κ2) is 6.26. The lowest BCUT2D eigenvalue weighted by atomic mass is 10.0. The molecule has 0 bridgehead atoms. The van der Waals surface area contributed by atoms with Gasteiger partial charge in [-0.05, 0) is 37.1 Å². The minimum Gasteiger partial charge on any atom is -0.485 e. The molecule has 1 unspecified atom stereocenters. The summed E-state index contributed by atoms with van der Waals surface area (Å²) < 4.78 is 6.55. The number of carbonyl (C=O) groups excluding carboxylic acids is 1. The molecule has 0 N–H and O–H groups in total. The number of rotatable bonds is 3. The average molecular weight is 331 g/mol. The van der Waals surface area contributed by atoms with Gasteiger partial charge in [0.25, 0.3) is 5.91 Å². The van der Waals surface area contributed by atoms with Crippen LogP contribution in [-0.4, -0.2) is 27.8 Å². The van der Waals surface area contributed by atoms with E-state index in [1.165, 1.54) is 11.8 Å². The van der Waals surface area contributed by atoms with Gasteiger partial charge < -0.3 is 4.74 Å². The zero-order valence-corrected chi connectivity index (χ0v) is 14.2. The first-order chi connectivity index (χ1) is 10.6. The third-order valence-electron chi connectivity index (χ3n) is 3.63. The molecule has 0 radical (unpaired) electrons. The van der Waals surface area contributed by atoms with Crippen LogP contribution in [0.25, 0.3) is 6.08 Å². The zero-order chi connectivity index (χ0) is 15.7. The van der Waals surface area contributed by atoms with E-state index < -0.39 is 0 Å². The highest BCUT2D eigenvalue weighted by molar-refractivity contribution is 8.26. The standard InChI is InChI=1S/C17H17NO2S2/c1-3-8-18-16(19)15(22-17(18)21)10-13-9-12-6-4-5-7-14(12)20-11(13)2/h4-7,9-11H,3,8H2,1-2H3/b15-10-. The van der Waals surface area contributed by atoms with Crippen LogP contribution in [0.4, 0.5) is 0 Å². The summed E-state index contributed by atoms with van der Waals surface area (Å²) in [5, 5.41) is 0. The molecule has 5 heteroatoms. The van der Waals surface area contributed by atoms with Gasteiger partial charge in [0, 0.05) is 12.1 Å². The fourth-order valence-electron chi connectivity index (χ4n) is 2.49. The summed E-state index contributed by atoms with van der Waals surface area (Å²) in [6, 6.07) is 7.91. The maximum atomic E-state index is 12.4. The molecule has 1 aromatic rings. The first-order valence-corrected chi connectivity index (χ1v) is 8.55. The molecule has 1 amide bonds. The Balaban J connectivity index is 1.91. The maximum Gasteiger partial charge on any atom is 0.266 e. The lowest BCUT2D eigenvalue weighted by Crippen LogP contribution is -2.28. The quantitative estimate of drug-likeness (QED) is 0.618. The number of thioether (sulfide) groups is 1. The number of amides is 1. The number of nitrogens with zero attached hydrogens (tertiary/aromatic N) is 1. The molecule has 3 nitrogen and oxygen atoms in total. The molecule has 22 heavy (non-hydrogen) atoms. The van der Waals surface area contributed by atoms with Crippen LogP contribution < -0.4 is 4.74 Å². The first kappa shape index (κ1) is 15.3. The SMILES string of the molecule is CCCN1C(=O)/C(=C/C2=Cc3ccccc3OC2C)SC1=S. The molecule has 1 fully saturated rings. The second-order valence-electron chi connectivity index (χ2n) is 5.28. The van der Waals surface area contributed by atoms with Crippen LogP contribution in [0, 0.1) is 0 Å². The van der Waals surface area contributed by atoms with Gasteiger partial charge in [-0.25, -0.2) is 0 Å². The molecule has 1 saturated heterocycles. The highest BCUT2D eigenvalue weighted by Crippen LogP contribution is 2.35. The number of thiocarbonyl (C=S) groups is 1. The van der Waals surface area contributed by atoms with Gasteiger partial charge in [-0.15, -0.1) is 0 Å². The second-order valence-corrected chi connectivity index (χ2v) is 6.95. The summed E-state index contributed by atoms with van der Waals surface area (Å²) in [5.74, 6) is 0.884. The van der Waals surface area contributed by atoms with Crippen LogP contribution in [0.15, 0.2) is 40.8 Å². The summed E-state index contributed by atoms with van der Waals surface area (Å²) in [6.07, 6.45) is 4.81. The summed E-state index contributed by atoms with van der Waals surface area (Å²) in [7, 11) is 0. The Morgan fingerprint density at radius 3 is 2.95 bits per heavy atom. The third kappa shape index (κ3) is 2.83. The summed E-state index contributed by atoms with van der Waals surface area (Å²) in [4.78, 5) is 14.8. The molecule has 114 valence electrons. The molecule has 2 aliphatic heterocycles. The highest BCUT2D eigenvalue weighted by Gasteiger charge is 2.32. The van der Waals surface area contributed by atoms with E-state index in [9.17, 15) is 4.79 Å². The molecule has 3 rings (SSSR count). The highest BCUT2D eigenvalue weighted by atomic mass is 32.2. The van der Waals surface area contributed by atoms with Crippen molar-refractivity contribution in [2.24, 2.45) is 0 Å². The number of hydrogen-bond acceptors (Lipinski definition) is 4. The normalized spacial score (nSPS) is 22.6. The largest absolute Gasteiger partial charge is 0.485 e. The van der Waals surface area contributed by atoms with Gasteiger partial charge in [0.15, 0.2) is 0 Å². The lowest BCUT2D eigenvalue weighted by molar-refractivity contribution is -0.122. The molecule has 0 spiro atoms. The summed E-state index contributed by atoms with van der Waals surface area (Å²) >= 11 is 6.67. The molecule has 0 aliphatic carbocycles. The van der Waals surface area contributed by atoms with Crippen LogP contribution in [0.5, 0.6) is 5.75 Å². The van der Waals surface area contributed by atoms with E-state index in [-0.39, 0.29) is 12.0 Å². The van der Waals surface area contributed by atoms with E-state index in [4.69, 9.17) is 17.0 Å². The predicted molar refractivity (Wildman–Crippen MR) is 94.8 cm³/mol. The van der Waals surface area contributed by atoms with Crippen LogP contribution in [0.2, 0.25) is 0 Å². The smallest absolute Gasteiger partial charge is 0.266 e. The van der Waals surface area contributed by atoms with Crippen molar-refractivity contribution >= 4 is 40.3 Å². The summed E-state index contributed by atoms with van der Waals surface area (Å²) in [5.41, 5.74) is 2.03. The van der Waals surface area contributed by atoms with Gasteiger partial charge in [-0.3, -0.25) is 9.69 Å². The monoisotopic (exact) mass is 331 g/mol. The molecular weight excluding hydrogens is 314 g/mol. The van der Waals surface area contributed by atoms with E-state index in [0.717, 1.165) is 23.3 Å². The molecule has 0 aromatic heterocycles. The summed E-state index contributed by atoms with van der Waals surface area (Å²) in [6.45, 7) is 4.71. The van der Waals surface area contributed by atoms with Crippen molar-refractivity contribution in [3.8, 4) is 5.75 Å². The van der Waals surface area contributed by atoms with Crippen molar-refractivity contribution < 1.29 is 9.53 Å². The van der Waals surface area contributed by atoms with E-state index in [1.807, 2.05) is 44.2 Å². The van der Waals surface area contributed by atoms with Gasteiger partial charge in [0.1, 0.15) is 16.2 Å². The lowest BCUT2D eigenvalue weighted by Gasteiger charge is -2.23. The van der Waals surface area contributed by atoms with Crippen molar-refractivity contribution in [2.45, 2.75) is 26.4 Å². The van der Waals surface area contributed by atoms with Crippen LogP contribution in [0.1, 0.15) is 25.8 Å². The van der Waals surface area contributed by atoms with Gasteiger partial charge in [-0.2, -0.15) is 0 Å². The van der Waals surface area contributed by atoms with E-state index in [2.05, 4.69) is 6.08 Å². The van der Waals surface area contributed by atoms with Gasteiger partial charge in [0.05, 0.1) is 4.91 Å². The fourth-order valence-corrected chi connectivity index (χ4v) is 3.80. The Hall–Kier alpha value is -1.59. The van der Waals surface area contributed by atoms with Crippen molar-refractivity contribution in [3.63, 3.8) is 0 Å². The van der Waals surface area contributed by atoms with E-state index >= 15 is 0 Å². The number of hydrogen-bond donors (Lipinski definition) is 0. The Morgan fingerprint density at radius 2 is 2.18 bits per heavy atom. The number of para-hydroxylation sites is 1. The molecule has 2 aliphatic rings. The molecule has 1 atom stereocenters. The van der Waals surface area contributed by atoms with Crippen molar-refractivity contribution in [2.75, 3.05) is 6.54 Å². The van der Waals surface area contributed by atoms with Crippen LogP contribution in [0.3, 0.4) is 0 Å². The predicted octanol–water partition coefficient (Wildman–Crippen LogP) is 4.01. The Bertz CT molecular complexity index is 694. The van der Waals surface area contributed by atoms with Crippen LogP contribution in [-0.2, 0) is 4.79 Å². The molecule has 2 heterocycles. The number of benzene rings is 1. The van der Waals surface area contributed by atoms with E-state index in [1.54, 1.807) is 4.90 Å². The Labute approximate surface area is 140 Å². The molecular formula is C17H17NO2S2. The van der Waals surface area contributed by atoms with Gasteiger partial charge >= 0.3 is 0 Å². The first-order valence-electron chi connectivity index (χ1n) is 7.32.